The molecule has 1 aliphatic carbocycles. The summed E-state index contributed by atoms with van der Waals surface area (Å²) in [7, 11) is 0. The molecule has 2 heteroatoms. The number of thioether (sulfide) groups is 1. The van der Waals surface area contributed by atoms with Crippen LogP contribution in [0.5, 0.6) is 0 Å². The van der Waals surface area contributed by atoms with Crippen molar-refractivity contribution in [1.82, 2.24) is 5.32 Å². The molecule has 0 aromatic heterocycles. The van der Waals surface area contributed by atoms with Crippen molar-refractivity contribution in [3.05, 3.63) is 0 Å². The fraction of sp³-hybridized carbons (Fsp3) is 1.00. The maximum Gasteiger partial charge on any atom is 0.0673 e. The van der Waals surface area contributed by atoms with E-state index in [1.54, 1.807) is 0 Å². The van der Waals surface area contributed by atoms with Gasteiger partial charge in [0.15, 0.2) is 0 Å². The van der Waals surface area contributed by atoms with Gasteiger partial charge in [-0.25, -0.2) is 0 Å². The standard InChI is InChI=1S/C10H19NS/c1-3-10(9-4-5-9)11-7-6-8(2)12-10/h8-9,11H,3-7H2,1-2H3. The van der Waals surface area contributed by atoms with Crippen LogP contribution in [0.4, 0.5) is 0 Å². The fourth-order valence-electron chi connectivity index (χ4n) is 2.23. The molecule has 0 aromatic carbocycles. The van der Waals surface area contributed by atoms with Gasteiger partial charge in [0.2, 0.25) is 0 Å². The molecule has 1 nitrogen and oxygen atoms in total. The average Bonchev–Trinajstić information content (AvgIpc) is 2.86. The third-order valence-corrected chi connectivity index (χ3v) is 4.97. The second-order valence-corrected chi connectivity index (χ2v) is 5.93. The fourth-order valence-corrected chi connectivity index (χ4v) is 3.97. The Bertz CT molecular complexity index is 167. The minimum Gasteiger partial charge on any atom is -0.303 e. The van der Waals surface area contributed by atoms with E-state index in [2.05, 4.69) is 30.9 Å². The molecular weight excluding hydrogens is 166 g/mol. The van der Waals surface area contributed by atoms with Gasteiger partial charge in [-0.05, 0) is 38.1 Å². The van der Waals surface area contributed by atoms with Crippen LogP contribution < -0.4 is 5.32 Å². The van der Waals surface area contributed by atoms with Gasteiger partial charge in [-0.3, -0.25) is 0 Å². The summed E-state index contributed by atoms with van der Waals surface area (Å²) in [4.78, 5) is 0.470. The molecule has 70 valence electrons. The van der Waals surface area contributed by atoms with E-state index < -0.39 is 0 Å². The Morgan fingerprint density at radius 2 is 2.17 bits per heavy atom. The lowest BCUT2D eigenvalue weighted by Crippen LogP contribution is -2.49. The maximum atomic E-state index is 3.74. The zero-order chi connectivity index (χ0) is 8.60. The van der Waals surface area contributed by atoms with Gasteiger partial charge >= 0.3 is 0 Å². The van der Waals surface area contributed by atoms with Gasteiger partial charge in [-0.15, -0.1) is 11.8 Å². The van der Waals surface area contributed by atoms with E-state index in [-0.39, 0.29) is 0 Å². The molecule has 0 spiro atoms. The van der Waals surface area contributed by atoms with Crippen molar-refractivity contribution < 1.29 is 0 Å². The molecule has 2 unspecified atom stereocenters. The summed E-state index contributed by atoms with van der Waals surface area (Å²) >= 11 is 2.19. The molecule has 2 fully saturated rings. The molecule has 2 aliphatic rings. The smallest absolute Gasteiger partial charge is 0.0673 e. The van der Waals surface area contributed by atoms with E-state index >= 15 is 0 Å². The first-order valence-electron chi connectivity index (χ1n) is 5.19. The van der Waals surface area contributed by atoms with Crippen molar-refractivity contribution in [2.75, 3.05) is 6.54 Å². The molecule has 12 heavy (non-hydrogen) atoms. The second kappa shape index (κ2) is 3.22. The SMILES string of the molecule is CCC1(C2CC2)NCCC(C)S1. The Hall–Kier alpha value is 0.310. The predicted octanol–water partition coefficient (Wildman–Crippen LogP) is 2.62. The lowest BCUT2D eigenvalue weighted by atomic mass is 10.1. The van der Waals surface area contributed by atoms with E-state index in [4.69, 9.17) is 0 Å². The first kappa shape index (κ1) is 8.89. The van der Waals surface area contributed by atoms with Gasteiger partial charge in [0.25, 0.3) is 0 Å². The van der Waals surface area contributed by atoms with E-state index in [1.807, 2.05) is 0 Å². The van der Waals surface area contributed by atoms with Crippen LogP contribution >= 0.6 is 11.8 Å². The second-order valence-electron chi connectivity index (χ2n) is 4.16. The van der Waals surface area contributed by atoms with Gasteiger partial charge in [0.1, 0.15) is 0 Å². The zero-order valence-corrected chi connectivity index (χ0v) is 8.91. The average molecular weight is 185 g/mol. The predicted molar refractivity (Wildman–Crippen MR) is 55.4 cm³/mol. The lowest BCUT2D eigenvalue weighted by Gasteiger charge is -2.40. The first-order chi connectivity index (χ1) is 5.77. The monoisotopic (exact) mass is 185 g/mol. The summed E-state index contributed by atoms with van der Waals surface area (Å²) in [6.07, 6.45) is 5.56. The van der Waals surface area contributed by atoms with Crippen LogP contribution in [-0.4, -0.2) is 16.7 Å². The van der Waals surface area contributed by atoms with Crippen molar-refractivity contribution >= 4 is 11.8 Å². The van der Waals surface area contributed by atoms with E-state index in [0.717, 1.165) is 11.2 Å². The Morgan fingerprint density at radius 3 is 2.67 bits per heavy atom. The summed E-state index contributed by atoms with van der Waals surface area (Å²) in [6, 6.07) is 0. The third-order valence-electron chi connectivity index (χ3n) is 3.15. The van der Waals surface area contributed by atoms with Crippen molar-refractivity contribution in [3.63, 3.8) is 0 Å². The highest BCUT2D eigenvalue weighted by Crippen LogP contribution is 2.50. The molecule has 0 radical (unpaired) electrons. The van der Waals surface area contributed by atoms with Crippen LogP contribution in [0.3, 0.4) is 0 Å². The highest BCUT2D eigenvalue weighted by molar-refractivity contribution is 8.01. The van der Waals surface area contributed by atoms with Crippen LogP contribution in [-0.2, 0) is 0 Å². The molecule has 1 saturated heterocycles. The number of nitrogens with one attached hydrogen (secondary N) is 1. The minimum atomic E-state index is 0.470. The number of rotatable bonds is 2. The molecule has 2 atom stereocenters. The van der Waals surface area contributed by atoms with E-state index in [0.29, 0.717) is 4.87 Å². The van der Waals surface area contributed by atoms with Gasteiger partial charge in [-0.1, -0.05) is 13.8 Å². The van der Waals surface area contributed by atoms with E-state index in [9.17, 15) is 0 Å². The van der Waals surface area contributed by atoms with Gasteiger partial charge in [0, 0.05) is 5.25 Å². The van der Waals surface area contributed by atoms with Gasteiger partial charge < -0.3 is 5.32 Å². The third kappa shape index (κ3) is 1.51. The first-order valence-corrected chi connectivity index (χ1v) is 6.07. The van der Waals surface area contributed by atoms with Crippen LogP contribution in [0.1, 0.15) is 39.5 Å². The molecule has 0 aromatic rings. The van der Waals surface area contributed by atoms with Gasteiger partial charge in [0.05, 0.1) is 4.87 Å². The highest BCUT2D eigenvalue weighted by atomic mass is 32.2. The Kier molecular flexibility index (Phi) is 2.39. The summed E-state index contributed by atoms with van der Waals surface area (Å²) in [5, 5.41) is 4.61. The molecule has 1 saturated carbocycles. The largest absolute Gasteiger partial charge is 0.303 e. The number of hydrogen-bond donors (Lipinski definition) is 1. The Morgan fingerprint density at radius 1 is 1.42 bits per heavy atom. The van der Waals surface area contributed by atoms with Crippen molar-refractivity contribution in [1.29, 1.82) is 0 Å². The summed E-state index contributed by atoms with van der Waals surface area (Å²) in [5.41, 5.74) is 0. The molecule has 1 N–H and O–H groups in total. The molecule has 1 aliphatic heterocycles. The zero-order valence-electron chi connectivity index (χ0n) is 8.10. The van der Waals surface area contributed by atoms with Crippen LogP contribution in [0, 0.1) is 5.92 Å². The lowest BCUT2D eigenvalue weighted by molar-refractivity contribution is 0.384. The summed E-state index contributed by atoms with van der Waals surface area (Å²) in [6.45, 7) is 5.94. The summed E-state index contributed by atoms with van der Waals surface area (Å²) in [5.74, 6) is 0.982. The van der Waals surface area contributed by atoms with Crippen LogP contribution in [0.25, 0.3) is 0 Å². The Balaban J connectivity index is 2.04. The topological polar surface area (TPSA) is 12.0 Å². The molecule has 0 amide bonds. The highest BCUT2D eigenvalue weighted by Gasteiger charge is 2.46. The van der Waals surface area contributed by atoms with Gasteiger partial charge in [-0.2, -0.15) is 0 Å². The molecule has 2 rings (SSSR count). The normalized spacial score (nSPS) is 43.0. The molecular formula is C10H19NS. The minimum absolute atomic E-state index is 0.470. The van der Waals surface area contributed by atoms with Crippen molar-refractivity contribution in [2.24, 2.45) is 5.92 Å². The molecule has 1 heterocycles. The molecule has 0 bridgehead atoms. The number of hydrogen-bond acceptors (Lipinski definition) is 2. The van der Waals surface area contributed by atoms with Crippen LogP contribution in [0.2, 0.25) is 0 Å². The summed E-state index contributed by atoms with van der Waals surface area (Å²) < 4.78 is 0. The van der Waals surface area contributed by atoms with Crippen LogP contribution in [0.15, 0.2) is 0 Å². The van der Waals surface area contributed by atoms with Crippen molar-refractivity contribution in [3.8, 4) is 0 Å². The van der Waals surface area contributed by atoms with E-state index in [1.165, 1.54) is 32.2 Å². The Labute approximate surface area is 79.7 Å². The van der Waals surface area contributed by atoms with Crippen molar-refractivity contribution in [2.45, 2.75) is 49.7 Å². The maximum absolute atomic E-state index is 3.74. The quantitative estimate of drug-likeness (QED) is 0.710.